The number of ether oxygens (including phenoxy) is 1. The van der Waals surface area contributed by atoms with Gasteiger partial charge in [0.1, 0.15) is 17.3 Å². The first-order valence-electron chi connectivity index (χ1n) is 7.35. The van der Waals surface area contributed by atoms with Crippen molar-refractivity contribution in [3.63, 3.8) is 0 Å². The van der Waals surface area contributed by atoms with E-state index in [1.807, 2.05) is 24.3 Å². The zero-order valence-electron chi connectivity index (χ0n) is 13.1. The predicted octanol–water partition coefficient (Wildman–Crippen LogP) is 1.73. The Morgan fingerprint density at radius 3 is 2.81 bits per heavy atom. The molecule has 0 aromatic heterocycles. The number of hydrogen-bond acceptors (Lipinski definition) is 4. The Hall–Kier alpha value is -1.17. The molecule has 0 saturated carbocycles. The van der Waals surface area contributed by atoms with Crippen LogP contribution in [-0.4, -0.2) is 60.2 Å². The van der Waals surface area contributed by atoms with Gasteiger partial charge in [-0.1, -0.05) is 24.4 Å². The molecule has 2 N–H and O–H groups in total. The molecule has 4 nitrogen and oxygen atoms in total. The van der Waals surface area contributed by atoms with E-state index in [2.05, 4.69) is 30.7 Å². The molecule has 0 spiro atoms. The van der Waals surface area contributed by atoms with Gasteiger partial charge in [0.05, 0.1) is 0 Å². The zero-order valence-corrected chi connectivity index (χ0v) is 13.9. The molecule has 1 saturated heterocycles. The third kappa shape index (κ3) is 4.40. The summed E-state index contributed by atoms with van der Waals surface area (Å²) in [5.74, 6) is 0.827. The molecule has 2 rings (SSSR count). The fraction of sp³-hybridized carbons (Fsp3) is 0.562. The van der Waals surface area contributed by atoms with Gasteiger partial charge in [0, 0.05) is 37.3 Å². The van der Waals surface area contributed by atoms with Crippen molar-refractivity contribution in [2.75, 3.05) is 39.8 Å². The molecule has 1 fully saturated rings. The van der Waals surface area contributed by atoms with E-state index in [0.29, 0.717) is 11.6 Å². The molecule has 1 aromatic rings. The monoisotopic (exact) mass is 307 g/mol. The highest BCUT2D eigenvalue weighted by atomic mass is 32.1. The number of benzene rings is 1. The first-order valence-corrected chi connectivity index (χ1v) is 7.75. The Kier molecular flexibility index (Phi) is 5.19. The number of likely N-dealkylation sites (N-methyl/N-ethyl adjacent to an activating group) is 1. The lowest BCUT2D eigenvalue weighted by Gasteiger charge is -2.45. The molecule has 0 atom stereocenters. The lowest BCUT2D eigenvalue weighted by atomic mass is 10.00. The normalized spacial score (nSPS) is 19.4. The molecule has 1 aliphatic heterocycles. The number of thiocarbonyl (C=S) groups is 1. The van der Waals surface area contributed by atoms with Crippen molar-refractivity contribution >= 4 is 17.2 Å². The van der Waals surface area contributed by atoms with Crippen LogP contribution in [0, 0.1) is 0 Å². The lowest BCUT2D eigenvalue weighted by Crippen LogP contribution is -2.58. The fourth-order valence-electron chi connectivity index (χ4n) is 2.56. The third-order valence-electron chi connectivity index (χ3n) is 4.19. The number of nitrogens with zero attached hydrogens (tertiary/aromatic N) is 2. The second-order valence-electron chi connectivity index (χ2n) is 6.25. The molecule has 0 unspecified atom stereocenters. The van der Waals surface area contributed by atoms with Gasteiger partial charge in [-0.3, -0.25) is 9.80 Å². The summed E-state index contributed by atoms with van der Waals surface area (Å²) < 4.78 is 5.82. The minimum atomic E-state index is 0.226. The first-order chi connectivity index (χ1) is 9.88. The summed E-state index contributed by atoms with van der Waals surface area (Å²) in [7, 11) is 2.19. The first kappa shape index (κ1) is 16.2. The summed E-state index contributed by atoms with van der Waals surface area (Å²) in [4.78, 5) is 5.27. The van der Waals surface area contributed by atoms with Crippen LogP contribution in [0.15, 0.2) is 24.3 Å². The van der Waals surface area contributed by atoms with Gasteiger partial charge in [0.25, 0.3) is 0 Å². The minimum absolute atomic E-state index is 0.226. The van der Waals surface area contributed by atoms with Gasteiger partial charge in [-0.2, -0.15) is 0 Å². The second kappa shape index (κ2) is 6.73. The summed E-state index contributed by atoms with van der Waals surface area (Å²) in [5.41, 5.74) is 6.71. The van der Waals surface area contributed by atoms with Crippen LogP contribution >= 0.6 is 12.2 Å². The van der Waals surface area contributed by atoms with Crippen LogP contribution in [0.2, 0.25) is 0 Å². The Morgan fingerprint density at radius 2 is 2.14 bits per heavy atom. The van der Waals surface area contributed by atoms with Gasteiger partial charge in [-0.05, 0) is 33.0 Å². The van der Waals surface area contributed by atoms with Crippen molar-refractivity contribution in [2.45, 2.75) is 19.4 Å². The smallest absolute Gasteiger partial charge is 0.120 e. The van der Waals surface area contributed by atoms with Gasteiger partial charge in [0.2, 0.25) is 0 Å². The average molecular weight is 307 g/mol. The number of piperazine rings is 1. The maximum absolute atomic E-state index is 5.82. The Bertz CT molecular complexity index is 504. The van der Waals surface area contributed by atoms with Gasteiger partial charge in [-0.25, -0.2) is 0 Å². The third-order valence-corrected chi connectivity index (χ3v) is 4.43. The highest BCUT2D eigenvalue weighted by Crippen LogP contribution is 2.19. The van der Waals surface area contributed by atoms with E-state index in [4.69, 9.17) is 22.7 Å². The molecule has 0 amide bonds. The van der Waals surface area contributed by atoms with E-state index < -0.39 is 0 Å². The molecule has 21 heavy (non-hydrogen) atoms. The summed E-state index contributed by atoms with van der Waals surface area (Å²) >= 11 is 4.98. The molecule has 0 aliphatic carbocycles. The Balaban J connectivity index is 1.82. The van der Waals surface area contributed by atoms with Crippen LogP contribution in [0.4, 0.5) is 0 Å². The van der Waals surface area contributed by atoms with E-state index in [9.17, 15) is 0 Å². The van der Waals surface area contributed by atoms with E-state index in [0.717, 1.165) is 37.5 Å². The quantitative estimate of drug-likeness (QED) is 0.839. The van der Waals surface area contributed by atoms with E-state index in [-0.39, 0.29) is 5.54 Å². The zero-order chi connectivity index (χ0) is 15.5. The van der Waals surface area contributed by atoms with Gasteiger partial charge >= 0.3 is 0 Å². The van der Waals surface area contributed by atoms with Crippen molar-refractivity contribution in [3.8, 4) is 5.75 Å². The lowest BCUT2D eigenvalue weighted by molar-refractivity contribution is 0.0338. The maximum Gasteiger partial charge on any atom is 0.120 e. The Labute approximate surface area is 132 Å². The molecular formula is C16H25N3OS. The fourth-order valence-corrected chi connectivity index (χ4v) is 2.69. The second-order valence-corrected chi connectivity index (χ2v) is 6.69. The SMILES string of the molecule is CN1CCN(CCOc2cccc(C(N)=S)c2)CC1(C)C. The molecule has 116 valence electrons. The van der Waals surface area contributed by atoms with Crippen LogP contribution in [0.3, 0.4) is 0 Å². The van der Waals surface area contributed by atoms with E-state index in [1.54, 1.807) is 0 Å². The topological polar surface area (TPSA) is 41.7 Å². The summed E-state index contributed by atoms with van der Waals surface area (Å²) in [6.45, 7) is 9.45. The standard InChI is InChI=1S/C16H25N3OS/c1-16(2)12-19(8-7-18(16)3)9-10-20-14-6-4-5-13(11-14)15(17)21/h4-6,11H,7-10,12H2,1-3H3,(H2,17,21). The van der Waals surface area contributed by atoms with Crippen LogP contribution in [0.1, 0.15) is 19.4 Å². The summed E-state index contributed by atoms with van der Waals surface area (Å²) in [6.07, 6.45) is 0. The van der Waals surface area contributed by atoms with Crippen molar-refractivity contribution in [2.24, 2.45) is 5.73 Å². The minimum Gasteiger partial charge on any atom is -0.492 e. The molecule has 1 aromatic carbocycles. The van der Waals surface area contributed by atoms with Crippen LogP contribution in [0.25, 0.3) is 0 Å². The van der Waals surface area contributed by atoms with E-state index in [1.165, 1.54) is 0 Å². The number of nitrogens with two attached hydrogens (primary N) is 1. The van der Waals surface area contributed by atoms with Crippen LogP contribution in [0.5, 0.6) is 5.75 Å². The maximum atomic E-state index is 5.82. The Morgan fingerprint density at radius 1 is 1.38 bits per heavy atom. The van der Waals surface area contributed by atoms with Gasteiger partial charge < -0.3 is 10.5 Å². The average Bonchev–Trinajstić information content (AvgIpc) is 2.43. The van der Waals surface area contributed by atoms with E-state index >= 15 is 0 Å². The van der Waals surface area contributed by atoms with Crippen molar-refractivity contribution in [1.82, 2.24) is 9.80 Å². The van der Waals surface area contributed by atoms with Crippen molar-refractivity contribution in [1.29, 1.82) is 0 Å². The molecular weight excluding hydrogens is 282 g/mol. The molecule has 1 aliphatic rings. The van der Waals surface area contributed by atoms with Gasteiger partial charge in [-0.15, -0.1) is 0 Å². The largest absolute Gasteiger partial charge is 0.492 e. The number of hydrogen-bond donors (Lipinski definition) is 1. The molecule has 1 heterocycles. The van der Waals surface area contributed by atoms with Crippen LogP contribution < -0.4 is 10.5 Å². The summed E-state index contributed by atoms with van der Waals surface area (Å²) in [6, 6.07) is 7.66. The highest BCUT2D eigenvalue weighted by Gasteiger charge is 2.30. The molecule has 0 bridgehead atoms. The molecule has 0 radical (unpaired) electrons. The summed E-state index contributed by atoms with van der Waals surface area (Å²) in [5, 5.41) is 0. The molecule has 5 heteroatoms. The van der Waals surface area contributed by atoms with Crippen molar-refractivity contribution in [3.05, 3.63) is 29.8 Å². The highest BCUT2D eigenvalue weighted by molar-refractivity contribution is 7.80. The van der Waals surface area contributed by atoms with Crippen LogP contribution in [-0.2, 0) is 0 Å². The van der Waals surface area contributed by atoms with Crippen molar-refractivity contribution < 1.29 is 4.74 Å². The van der Waals surface area contributed by atoms with Gasteiger partial charge in [0.15, 0.2) is 0 Å². The number of rotatable bonds is 5. The predicted molar refractivity (Wildman–Crippen MR) is 91.0 cm³/mol.